The number of hydrogen-bond acceptors (Lipinski definition) is 5. The minimum atomic E-state index is -3.68. The Balaban J connectivity index is 2.15. The van der Waals surface area contributed by atoms with E-state index in [1.807, 2.05) is 0 Å². The minimum absolute atomic E-state index is 0.0248. The first-order chi connectivity index (χ1) is 9.92. The van der Waals surface area contributed by atoms with Crippen LogP contribution in [0.1, 0.15) is 11.3 Å². The molecule has 1 heterocycles. The van der Waals surface area contributed by atoms with Crippen molar-refractivity contribution >= 4 is 33.0 Å². The summed E-state index contributed by atoms with van der Waals surface area (Å²) in [6.07, 6.45) is 0. The van der Waals surface area contributed by atoms with Crippen LogP contribution in [0.4, 0.5) is 0 Å². The number of benzene rings is 1. The van der Waals surface area contributed by atoms with Gasteiger partial charge >= 0.3 is 4.87 Å². The Kier molecular flexibility index (Phi) is 5.17. The second-order valence-corrected chi connectivity index (χ2v) is 7.30. The Labute approximate surface area is 131 Å². The summed E-state index contributed by atoms with van der Waals surface area (Å²) < 4.78 is 26.7. The fourth-order valence-electron chi connectivity index (χ4n) is 1.69. The molecule has 0 saturated carbocycles. The van der Waals surface area contributed by atoms with Gasteiger partial charge in [0, 0.05) is 22.6 Å². The molecule has 0 atom stereocenters. The predicted molar refractivity (Wildman–Crippen MR) is 83.2 cm³/mol. The van der Waals surface area contributed by atoms with Crippen molar-refractivity contribution in [2.24, 2.45) is 0 Å². The highest BCUT2D eigenvalue weighted by Gasteiger charge is 2.15. The molecule has 0 unspecified atom stereocenters. The minimum Gasteiger partial charge on any atom is -0.316 e. The molecule has 0 radical (unpaired) electrons. The Morgan fingerprint density at radius 1 is 1.33 bits per heavy atom. The first-order valence-corrected chi connectivity index (χ1v) is 8.76. The van der Waals surface area contributed by atoms with E-state index in [2.05, 4.69) is 15.0 Å². The van der Waals surface area contributed by atoms with E-state index >= 15 is 0 Å². The Morgan fingerprint density at radius 2 is 2.10 bits per heavy atom. The summed E-state index contributed by atoms with van der Waals surface area (Å²) in [4.78, 5) is 13.4. The van der Waals surface area contributed by atoms with Crippen molar-refractivity contribution in [1.82, 2.24) is 15.0 Å². The number of H-pyrrole nitrogens is 1. The molecular weight excluding hydrogens is 334 g/mol. The molecule has 1 aromatic heterocycles. The molecule has 0 amide bonds. The van der Waals surface area contributed by atoms with Gasteiger partial charge < -0.3 is 10.3 Å². The Bertz CT molecular complexity index is 783. The van der Waals surface area contributed by atoms with Crippen molar-refractivity contribution in [3.63, 3.8) is 0 Å². The molecule has 1 aromatic carbocycles. The molecule has 3 N–H and O–H groups in total. The van der Waals surface area contributed by atoms with Gasteiger partial charge in [-0.3, -0.25) is 4.79 Å². The predicted octanol–water partition coefficient (Wildman–Crippen LogP) is 1.29. The molecule has 2 aromatic rings. The summed E-state index contributed by atoms with van der Waals surface area (Å²) in [5.41, 5.74) is 1.34. The van der Waals surface area contributed by atoms with Gasteiger partial charge in [-0.25, -0.2) is 13.1 Å². The summed E-state index contributed by atoms with van der Waals surface area (Å²) in [6.45, 7) is 0.583. The molecule has 0 aliphatic carbocycles. The zero-order valence-corrected chi connectivity index (χ0v) is 13.5. The molecule has 0 spiro atoms. The lowest BCUT2D eigenvalue weighted by atomic mass is 10.2. The third-order valence-electron chi connectivity index (χ3n) is 2.73. The smallest absolute Gasteiger partial charge is 0.304 e. The van der Waals surface area contributed by atoms with Crippen molar-refractivity contribution in [3.05, 3.63) is 49.5 Å². The number of hydrogen-bond donors (Lipinski definition) is 3. The zero-order chi connectivity index (χ0) is 15.5. The summed E-state index contributed by atoms with van der Waals surface area (Å²) >= 11 is 7.04. The third kappa shape index (κ3) is 4.14. The average Bonchev–Trinajstić information content (AvgIpc) is 2.85. The molecule has 21 heavy (non-hydrogen) atoms. The van der Waals surface area contributed by atoms with E-state index in [1.165, 1.54) is 12.1 Å². The van der Waals surface area contributed by atoms with Crippen LogP contribution in [0, 0.1) is 0 Å². The van der Waals surface area contributed by atoms with E-state index in [4.69, 9.17) is 11.6 Å². The first-order valence-electron chi connectivity index (χ1n) is 6.02. The van der Waals surface area contributed by atoms with Gasteiger partial charge in [0.25, 0.3) is 0 Å². The van der Waals surface area contributed by atoms with E-state index in [0.29, 0.717) is 17.3 Å². The van der Waals surface area contributed by atoms with Gasteiger partial charge in [-0.05, 0) is 24.7 Å². The lowest BCUT2D eigenvalue weighted by Gasteiger charge is -2.08. The molecule has 0 aliphatic heterocycles. The van der Waals surface area contributed by atoms with E-state index in [0.717, 1.165) is 16.9 Å². The van der Waals surface area contributed by atoms with Gasteiger partial charge in [-0.1, -0.05) is 29.0 Å². The highest BCUT2D eigenvalue weighted by molar-refractivity contribution is 7.89. The van der Waals surface area contributed by atoms with Gasteiger partial charge in [0.1, 0.15) is 0 Å². The van der Waals surface area contributed by atoms with Crippen molar-refractivity contribution in [1.29, 1.82) is 0 Å². The van der Waals surface area contributed by atoms with Crippen molar-refractivity contribution in [2.75, 3.05) is 7.05 Å². The molecule has 9 heteroatoms. The first kappa shape index (κ1) is 16.2. The topological polar surface area (TPSA) is 91.1 Å². The van der Waals surface area contributed by atoms with Crippen LogP contribution < -0.4 is 14.9 Å². The fraction of sp³-hybridized carbons (Fsp3) is 0.250. The molecule has 0 saturated heterocycles. The van der Waals surface area contributed by atoms with Crippen LogP contribution in [0.3, 0.4) is 0 Å². The SMILES string of the molecule is CNCc1ccc(S(=O)(=O)NCc2csc(=O)[nH]2)cc1Cl. The maximum atomic E-state index is 12.2. The van der Waals surface area contributed by atoms with Crippen LogP contribution in [0.15, 0.2) is 33.3 Å². The summed E-state index contributed by atoms with van der Waals surface area (Å²) in [7, 11) is -1.89. The number of sulfonamides is 1. The van der Waals surface area contributed by atoms with Gasteiger partial charge in [0.05, 0.1) is 11.4 Å². The van der Waals surface area contributed by atoms with Crippen LogP contribution >= 0.6 is 22.9 Å². The lowest BCUT2D eigenvalue weighted by Crippen LogP contribution is -2.23. The van der Waals surface area contributed by atoms with E-state index in [9.17, 15) is 13.2 Å². The number of rotatable bonds is 6. The maximum absolute atomic E-state index is 12.2. The zero-order valence-electron chi connectivity index (χ0n) is 11.1. The molecular formula is C12H14ClN3O3S2. The van der Waals surface area contributed by atoms with Crippen LogP contribution in [-0.4, -0.2) is 20.4 Å². The van der Waals surface area contributed by atoms with Crippen LogP contribution in [0.25, 0.3) is 0 Å². The van der Waals surface area contributed by atoms with Gasteiger partial charge in [0.2, 0.25) is 10.0 Å². The second-order valence-electron chi connectivity index (χ2n) is 4.28. The maximum Gasteiger partial charge on any atom is 0.304 e. The largest absolute Gasteiger partial charge is 0.316 e. The van der Waals surface area contributed by atoms with Crippen LogP contribution in [-0.2, 0) is 23.1 Å². The second kappa shape index (κ2) is 6.71. The molecule has 0 fully saturated rings. The van der Waals surface area contributed by atoms with Crippen LogP contribution in [0.2, 0.25) is 5.02 Å². The number of thiazole rings is 1. The number of halogens is 1. The lowest BCUT2D eigenvalue weighted by molar-refractivity contribution is 0.580. The van der Waals surface area contributed by atoms with Gasteiger partial charge in [-0.15, -0.1) is 0 Å². The Morgan fingerprint density at radius 3 is 2.67 bits per heavy atom. The van der Waals surface area contributed by atoms with E-state index < -0.39 is 10.0 Å². The molecule has 0 aliphatic rings. The Hall–Kier alpha value is -1.19. The summed E-state index contributed by atoms with van der Waals surface area (Å²) in [5.74, 6) is 0. The number of nitrogens with one attached hydrogen (secondary N) is 3. The van der Waals surface area contributed by atoms with Crippen LogP contribution in [0.5, 0.6) is 0 Å². The average molecular weight is 348 g/mol. The molecule has 114 valence electrons. The molecule has 6 nitrogen and oxygen atoms in total. The quantitative estimate of drug-likeness (QED) is 0.734. The number of aromatic nitrogens is 1. The number of aromatic amines is 1. The van der Waals surface area contributed by atoms with E-state index in [1.54, 1.807) is 18.5 Å². The fourth-order valence-corrected chi connectivity index (χ4v) is 3.61. The summed E-state index contributed by atoms with van der Waals surface area (Å²) in [6, 6.07) is 4.57. The monoisotopic (exact) mass is 347 g/mol. The van der Waals surface area contributed by atoms with Crippen molar-refractivity contribution in [2.45, 2.75) is 18.0 Å². The molecule has 2 rings (SSSR count). The third-order valence-corrected chi connectivity index (χ3v) is 5.19. The molecule has 0 bridgehead atoms. The normalized spacial score (nSPS) is 11.7. The van der Waals surface area contributed by atoms with Gasteiger partial charge in [-0.2, -0.15) is 0 Å². The van der Waals surface area contributed by atoms with E-state index in [-0.39, 0.29) is 16.3 Å². The highest BCUT2D eigenvalue weighted by atomic mass is 35.5. The van der Waals surface area contributed by atoms with Crippen molar-refractivity contribution in [3.8, 4) is 0 Å². The summed E-state index contributed by atoms with van der Waals surface area (Å²) in [5, 5.41) is 4.91. The standard InChI is InChI=1S/C12H14ClN3O3S2/c1-14-5-8-2-3-10(4-11(8)13)21(18,19)15-6-9-7-20-12(17)16-9/h2-4,7,14-15H,5-6H2,1H3,(H,16,17). The van der Waals surface area contributed by atoms with Gasteiger partial charge in [0.15, 0.2) is 0 Å². The highest BCUT2D eigenvalue weighted by Crippen LogP contribution is 2.20. The van der Waals surface area contributed by atoms with Crippen molar-refractivity contribution < 1.29 is 8.42 Å².